The number of non-ortho nitro benzene ring substituents is 1. The van der Waals surface area contributed by atoms with Crippen LogP contribution in [-0.4, -0.2) is 9.91 Å². The van der Waals surface area contributed by atoms with Crippen molar-refractivity contribution < 1.29 is 4.92 Å². The van der Waals surface area contributed by atoms with E-state index in [1.807, 2.05) is 0 Å². The standard InChI is InChI=1S/C13H7Cl2N3O2/c14-11-4-9(18(19)20)5-12(15)13(11)10(6-16)8-2-1-3-17-7-8/h1-5,7,10H. The number of halogens is 2. The Hall–Kier alpha value is -2.16. The second-order valence-electron chi connectivity index (χ2n) is 3.93. The zero-order valence-electron chi connectivity index (χ0n) is 9.96. The number of nitro benzene ring substituents is 1. The third kappa shape index (κ3) is 2.72. The molecule has 0 radical (unpaired) electrons. The Labute approximate surface area is 124 Å². The minimum atomic E-state index is -0.732. The van der Waals surface area contributed by atoms with Gasteiger partial charge in [0.2, 0.25) is 0 Å². The second kappa shape index (κ2) is 5.87. The van der Waals surface area contributed by atoms with Gasteiger partial charge in [-0.05, 0) is 11.6 Å². The van der Waals surface area contributed by atoms with Crippen molar-refractivity contribution in [1.82, 2.24) is 4.98 Å². The molecule has 20 heavy (non-hydrogen) atoms. The largest absolute Gasteiger partial charge is 0.272 e. The zero-order chi connectivity index (χ0) is 14.7. The fourth-order valence-electron chi connectivity index (χ4n) is 1.80. The molecule has 7 heteroatoms. The van der Waals surface area contributed by atoms with Crippen LogP contribution >= 0.6 is 23.2 Å². The Bertz CT molecular complexity index is 676. The van der Waals surface area contributed by atoms with E-state index in [2.05, 4.69) is 11.1 Å². The molecule has 0 bridgehead atoms. The molecule has 1 heterocycles. The lowest BCUT2D eigenvalue weighted by Crippen LogP contribution is -2.02. The average molecular weight is 308 g/mol. The topological polar surface area (TPSA) is 79.8 Å². The van der Waals surface area contributed by atoms with Crippen molar-refractivity contribution in [3.05, 3.63) is 67.9 Å². The minimum absolute atomic E-state index is 0.0830. The number of hydrogen-bond acceptors (Lipinski definition) is 4. The highest BCUT2D eigenvalue weighted by atomic mass is 35.5. The Morgan fingerprint density at radius 2 is 2.00 bits per heavy atom. The van der Waals surface area contributed by atoms with Crippen molar-refractivity contribution in [2.75, 3.05) is 0 Å². The van der Waals surface area contributed by atoms with Crippen LogP contribution in [0.5, 0.6) is 0 Å². The van der Waals surface area contributed by atoms with E-state index in [1.54, 1.807) is 18.3 Å². The van der Waals surface area contributed by atoms with Crippen LogP contribution in [0.25, 0.3) is 0 Å². The van der Waals surface area contributed by atoms with Crippen LogP contribution in [-0.2, 0) is 0 Å². The highest BCUT2D eigenvalue weighted by molar-refractivity contribution is 6.36. The summed E-state index contributed by atoms with van der Waals surface area (Å²) in [5.74, 6) is -0.732. The summed E-state index contributed by atoms with van der Waals surface area (Å²) >= 11 is 12.1. The van der Waals surface area contributed by atoms with Gasteiger partial charge in [0.25, 0.3) is 5.69 Å². The van der Waals surface area contributed by atoms with Gasteiger partial charge in [0.05, 0.1) is 21.0 Å². The smallest absolute Gasteiger partial charge is 0.264 e. The molecule has 1 atom stereocenters. The molecule has 2 aromatic rings. The monoisotopic (exact) mass is 307 g/mol. The minimum Gasteiger partial charge on any atom is -0.264 e. The van der Waals surface area contributed by atoms with E-state index in [0.29, 0.717) is 11.1 Å². The molecular formula is C13H7Cl2N3O2. The maximum absolute atomic E-state index is 10.7. The van der Waals surface area contributed by atoms with Crippen molar-refractivity contribution in [1.29, 1.82) is 5.26 Å². The van der Waals surface area contributed by atoms with Crippen molar-refractivity contribution in [3.8, 4) is 6.07 Å². The maximum atomic E-state index is 10.7. The van der Waals surface area contributed by atoms with Crippen molar-refractivity contribution in [3.63, 3.8) is 0 Å². The fraction of sp³-hybridized carbons (Fsp3) is 0.0769. The second-order valence-corrected chi connectivity index (χ2v) is 4.74. The van der Waals surface area contributed by atoms with E-state index in [0.717, 1.165) is 0 Å². The Kier molecular flexibility index (Phi) is 4.18. The predicted octanol–water partition coefficient (Wildman–Crippen LogP) is 3.95. The lowest BCUT2D eigenvalue weighted by Gasteiger charge is -2.13. The summed E-state index contributed by atoms with van der Waals surface area (Å²) in [6.07, 6.45) is 3.11. The van der Waals surface area contributed by atoms with Gasteiger partial charge in [-0.15, -0.1) is 0 Å². The summed E-state index contributed by atoms with van der Waals surface area (Å²) in [6, 6.07) is 7.86. The molecule has 5 nitrogen and oxygen atoms in total. The molecule has 0 saturated carbocycles. The van der Waals surface area contributed by atoms with E-state index >= 15 is 0 Å². The number of benzene rings is 1. The summed E-state index contributed by atoms with van der Waals surface area (Å²) in [6.45, 7) is 0. The summed E-state index contributed by atoms with van der Waals surface area (Å²) in [5.41, 5.74) is 0.744. The molecule has 1 unspecified atom stereocenters. The van der Waals surface area contributed by atoms with Gasteiger partial charge in [0, 0.05) is 30.1 Å². The first kappa shape index (κ1) is 14.3. The van der Waals surface area contributed by atoms with E-state index in [9.17, 15) is 15.4 Å². The molecule has 0 amide bonds. The number of pyridine rings is 1. The molecule has 0 aliphatic heterocycles. The van der Waals surface area contributed by atoms with Gasteiger partial charge >= 0.3 is 0 Å². The molecule has 0 saturated heterocycles. The van der Waals surface area contributed by atoms with Gasteiger partial charge in [-0.2, -0.15) is 5.26 Å². The fourth-order valence-corrected chi connectivity index (χ4v) is 2.50. The Balaban J connectivity index is 2.57. The third-order valence-corrected chi connectivity index (χ3v) is 3.34. The summed E-state index contributed by atoms with van der Waals surface area (Å²) in [5, 5.41) is 20.2. The normalized spacial score (nSPS) is 11.7. The first-order valence-electron chi connectivity index (χ1n) is 5.47. The number of nitro groups is 1. The number of nitriles is 1. The lowest BCUT2D eigenvalue weighted by molar-refractivity contribution is -0.384. The van der Waals surface area contributed by atoms with Crippen molar-refractivity contribution >= 4 is 28.9 Å². The third-order valence-electron chi connectivity index (χ3n) is 2.71. The van der Waals surface area contributed by atoms with Crippen LogP contribution in [0.4, 0.5) is 5.69 Å². The number of rotatable bonds is 3. The lowest BCUT2D eigenvalue weighted by atomic mass is 9.93. The van der Waals surface area contributed by atoms with Crippen molar-refractivity contribution in [2.24, 2.45) is 0 Å². The van der Waals surface area contributed by atoms with E-state index in [1.165, 1.54) is 18.3 Å². The van der Waals surface area contributed by atoms with Crippen LogP contribution in [0.1, 0.15) is 17.0 Å². The van der Waals surface area contributed by atoms with E-state index in [-0.39, 0.29) is 15.7 Å². The van der Waals surface area contributed by atoms with Crippen LogP contribution in [0, 0.1) is 21.4 Å². The number of nitrogens with zero attached hydrogens (tertiary/aromatic N) is 3. The van der Waals surface area contributed by atoms with Crippen molar-refractivity contribution in [2.45, 2.75) is 5.92 Å². The summed E-state index contributed by atoms with van der Waals surface area (Å²) < 4.78 is 0. The molecule has 0 spiro atoms. The molecule has 1 aromatic heterocycles. The summed E-state index contributed by atoms with van der Waals surface area (Å²) in [4.78, 5) is 14.1. The Morgan fingerprint density at radius 1 is 1.35 bits per heavy atom. The van der Waals surface area contributed by atoms with Gasteiger partial charge in [-0.1, -0.05) is 29.3 Å². The Morgan fingerprint density at radius 3 is 2.45 bits per heavy atom. The van der Waals surface area contributed by atoms with E-state index in [4.69, 9.17) is 23.2 Å². The molecule has 100 valence electrons. The van der Waals surface area contributed by atoms with Gasteiger partial charge in [-0.25, -0.2) is 0 Å². The molecule has 0 aliphatic rings. The van der Waals surface area contributed by atoms with Crippen LogP contribution < -0.4 is 0 Å². The summed E-state index contributed by atoms with van der Waals surface area (Å²) in [7, 11) is 0. The molecule has 1 aromatic carbocycles. The highest BCUT2D eigenvalue weighted by Gasteiger charge is 2.23. The molecule has 2 rings (SSSR count). The van der Waals surface area contributed by atoms with Crippen LogP contribution in [0.2, 0.25) is 10.0 Å². The number of aromatic nitrogens is 1. The molecule has 0 fully saturated rings. The predicted molar refractivity (Wildman–Crippen MR) is 74.8 cm³/mol. The van der Waals surface area contributed by atoms with E-state index < -0.39 is 10.8 Å². The first-order chi connectivity index (χ1) is 9.54. The molecule has 0 N–H and O–H groups in total. The van der Waals surface area contributed by atoms with Gasteiger partial charge in [0.1, 0.15) is 5.92 Å². The number of hydrogen-bond donors (Lipinski definition) is 0. The van der Waals surface area contributed by atoms with Gasteiger partial charge in [0.15, 0.2) is 0 Å². The van der Waals surface area contributed by atoms with Gasteiger partial charge < -0.3 is 0 Å². The SMILES string of the molecule is N#CC(c1cccnc1)c1c(Cl)cc([N+](=O)[O-])cc1Cl. The average Bonchev–Trinajstić information content (AvgIpc) is 2.43. The van der Waals surface area contributed by atoms with Crippen LogP contribution in [0.3, 0.4) is 0 Å². The maximum Gasteiger partial charge on any atom is 0.272 e. The van der Waals surface area contributed by atoms with Gasteiger partial charge in [-0.3, -0.25) is 15.1 Å². The zero-order valence-corrected chi connectivity index (χ0v) is 11.5. The molecule has 0 aliphatic carbocycles. The van der Waals surface area contributed by atoms with Crippen LogP contribution in [0.15, 0.2) is 36.7 Å². The quantitative estimate of drug-likeness (QED) is 0.635. The highest BCUT2D eigenvalue weighted by Crippen LogP contribution is 2.37. The molecular weight excluding hydrogens is 301 g/mol. The first-order valence-corrected chi connectivity index (χ1v) is 6.23.